The molecule has 0 bridgehead atoms. The number of rotatable bonds is 3. The van der Waals surface area contributed by atoms with Crippen molar-refractivity contribution in [1.29, 1.82) is 5.26 Å². The molecule has 0 fully saturated rings. The molecule has 0 radical (unpaired) electrons. The number of hydrogen-bond acceptors (Lipinski definition) is 2. The molecule has 0 aromatic rings. The van der Waals surface area contributed by atoms with E-state index in [0.717, 1.165) is 0 Å². The number of nitriles is 1. The second-order valence-corrected chi connectivity index (χ2v) is 2.24. The zero-order valence-electron chi connectivity index (χ0n) is 5.79. The summed E-state index contributed by atoms with van der Waals surface area (Å²) in [5.41, 5.74) is -1.30. The Labute approximate surface area is 59.6 Å². The maximum atomic E-state index is 10.4. The van der Waals surface area contributed by atoms with E-state index in [1.54, 1.807) is 6.07 Å². The van der Waals surface area contributed by atoms with Crippen LogP contribution in [0.2, 0.25) is 0 Å². The van der Waals surface area contributed by atoms with Crippen LogP contribution in [0.4, 0.5) is 0 Å². The average molecular weight is 139 g/mol. The summed E-state index contributed by atoms with van der Waals surface area (Å²) in [5, 5.41) is 16.9. The molecule has 3 heteroatoms. The summed E-state index contributed by atoms with van der Waals surface area (Å²) in [6.07, 6.45) is 1.61. The molecule has 0 aliphatic carbocycles. The number of carboxylic acid groups (broad SMARTS) is 1. The van der Waals surface area contributed by atoms with E-state index in [4.69, 9.17) is 10.4 Å². The second kappa shape index (κ2) is 3.02. The van der Waals surface area contributed by atoms with E-state index in [2.05, 4.69) is 6.58 Å². The first kappa shape index (κ1) is 8.70. The molecule has 0 amide bonds. The van der Waals surface area contributed by atoms with Crippen molar-refractivity contribution in [2.24, 2.45) is 5.41 Å². The van der Waals surface area contributed by atoms with Gasteiger partial charge in [0.05, 0.1) is 6.07 Å². The van der Waals surface area contributed by atoms with E-state index in [1.807, 2.05) is 0 Å². The van der Waals surface area contributed by atoms with Gasteiger partial charge in [0, 0.05) is 0 Å². The monoisotopic (exact) mass is 139 g/mol. The van der Waals surface area contributed by atoms with Crippen LogP contribution >= 0.6 is 0 Å². The van der Waals surface area contributed by atoms with Gasteiger partial charge in [-0.3, -0.25) is 4.79 Å². The summed E-state index contributed by atoms with van der Waals surface area (Å²) in [6.45, 7) is 4.73. The van der Waals surface area contributed by atoms with Crippen molar-refractivity contribution in [2.45, 2.75) is 13.3 Å². The highest BCUT2D eigenvalue weighted by atomic mass is 16.4. The third-order valence-corrected chi connectivity index (χ3v) is 1.27. The third kappa shape index (κ3) is 1.59. The van der Waals surface area contributed by atoms with Gasteiger partial charge in [-0.2, -0.15) is 5.26 Å². The Morgan fingerprint density at radius 3 is 2.60 bits per heavy atom. The van der Waals surface area contributed by atoms with Crippen LogP contribution in [-0.2, 0) is 4.79 Å². The first-order chi connectivity index (χ1) is 4.56. The molecule has 0 aromatic carbocycles. The zero-order valence-corrected chi connectivity index (χ0v) is 5.79. The van der Waals surface area contributed by atoms with Crippen LogP contribution < -0.4 is 0 Å². The molecular formula is C7H9NO2. The summed E-state index contributed by atoms with van der Waals surface area (Å²) < 4.78 is 0. The first-order valence-electron chi connectivity index (χ1n) is 2.82. The fourth-order valence-corrected chi connectivity index (χ4v) is 0.469. The van der Waals surface area contributed by atoms with Crippen molar-refractivity contribution in [3.05, 3.63) is 12.7 Å². The van der Waals surface area contributed by atoms with E-state index in [9.17, 15) is 4.79 Å². The number of aliphatic carboxylic acids is 1. The summed E-state index contributed by atoms with van der Waals surface area (Å²) in [6, 6.07) is 1.71. The Hall–Kier alpha value is -1.30. The van der Waals surface area contributed by atoms with Crippen molar-refractivity contribution in [2.75, 3.05) is 0 Å². The number of hydrogen-bond donors (Lipinski definition) is 1. The predicted octanol–water partition coefficient (Wildman–Crippen LogP) is 1.18. The Kier molecular flexibility index (Phi) is 2.63. The molecule has 0 aliphatic rings. The molecule has 0 spiro atoms. The highest BCUT2D eigenvalue weighted by molar-refractivity contribution is 5.77. The van der Waals surface area contributed by atoms with Gasteiger partial charge in [-0.15, -0.1) is 6.58 Å². The van der Waals surface area contributed by atoms with Crippen LogP contribution in [0.15, 0.2) is 12.7 Å². The number of carboxylic acids is 1. The van der Waals surface area contributed by atoms with Gasteiger partial charge >= 0.3 is 5.97 Å². The maximum Gasteiger partial charge on any atom is 0.324 e. The van der Waals surface area contributed by atoms with E-state index < -0.39 is 11.4 Å². The average Bonchev–Trinajstić information content (AvgIpc) is 1.88. The fourth-order valence-electron chi connectivity index (χ4n) is 0.469. The highest BCUT2D eigenvalue weighted by Crippen LogP contribution is 2.20. The second-order valence-electron chi connectivity index (χ2n) is 2.24. The van der Waals surface area contributed by atoms with Crippen LogP contribution in [0.25, 0.3) is 0 Å². The van der Waals surface area contributed by atoms with Gasteiger partial charge in [-0.25, -0.2) is 0 Å². The molecule has 10 heavy (non-hydrogen) atoms. The third-order valence-electron chi connectivity index (χ3n) is 1.27. The number of nitrogens with zero attached hydrogens (tertiary/aromatic N) is 1. The van der Waals surface area contributed by atoms with Gasteiger partial charge in [0.25, 0.3) is 0 Å². The van der Waals surface area contributed by atoms with Gasteiger partial charge in [-0.05, 0) is 13.3 Å². The molecule has 1 atom stereocenters. The molecule has 1 N–H and O–H groups in total. The van der Waals surface area contributed by atoms with E-state index >= 15 is 0 Å². The quantitative estimate of drug-likeness (QED) is 0.597. The van der Waals surface area contributed by atoms with Crippen LogP contribution in [-0.4, -0.2) is 11.1 Å². The Morgan fingerprint density at radius 1 is 2.00 bits per heavy atom. The predicted molar refractivity (Wildman–Crippen MR) is 36.2 cm³/mol. The molecule has 0 saturated carbocycles. The normalized spacial score (nSPS) is 14.8. The van der Waals surface area contributed by atoms with Gasteiger partial charge in [0.1, 0.15) is 0 Å². The zero-order chi connectivity index (χ0) is 8.20. The van der Waals surface area contributed by atoms with Crippen molar-refractivity contribution in [1.82, 2.24) is 0 Å². The van der Waals surface area contributed by atoms with Crippen LogP contribution in [0.5, 0.6) is 0 Å². The molecule has 54 valence electrons. The molecule has 0 unspecified atom stereocenters. The van der Waals surface area contributed by atoms with Crippen LogP contribution in [0.3, 0.4) is 0 Å². The molecule has 0 aromatic heterocycles. The van der Waals surface area contributed by atoms with Crippen molar-refractivity contribution in [3.63, 3.8) is 0 Å². The lowest BCUT2D eigenvalue weighted by molar-refractivity contribution is -0.144. The van der Waals surface area contributed by atoms with E-state index in [-0.39, 0.29) is 6.42 Å². The van der Waals surface area contributed by atoms with Gasteiger partial charge < -0.3 is 5.11 Å². The maximum absolute atomic E-state index is 10.4. The molecule has 0 heterocycles. The topological polar surface area (TPSA) is 61.1 Å². The minimum atomic E-state index is -1.30. The summed E-state index contributed by atoms with van der Waals surface area (Å²) in [7, 11) is 0. The van der Waals surface area contributed by atoms with Crippen molar-refractivity contribution < 1.29 is 9.90 Å². The standard InChI is InChI=1S/C7H9NO2/c1-3-4-7(2,5-8)6(9)10/h3H,1,4H2,2H3,(H,9,10)/t7-/m1/s1. The molecule has 0 saturated heterocycles. The van der Waals surface area contributed by atoms with E-state index in [1.165, 1.54) is 13.0 Å². The lowest BCUT2D eigenvalue weighted by Gasteiger charge is -2.11. The van der Waals surface area contributed by atoms with Gasteiger partial charge in [0.2, 0.25) is 0 Å². The fraction of sp³-hybridized carbons (Fsp3) is 0.429. The van der Waals surface area contributed by atoms with Gasteiger partial charge in [-0.1, -0.05) is 6.08 Å². The smallest absolute Gasteiger partial charge is 0.324 e. The molecule has 0 rings (SSSR count). The lowest BCUT2D eigenvalue weighted by atomic mass is 9.89. The van der Waals surface area contributed by atoms with Crippen molar-refractivity contribution in [3.8, 4) is 6.07 Å². The highest BCUT2D eigenvalue weighted by Gasteiger charge is 2.31. The summed E-state index contributed by atoms with van der Waals surface area (Å²) in [5.74, 6) is -1.10. The summed E-state index contributed by atoms with van der Waals surface area (Å²) in [4.78, 5) is 10.4. The van der Waals surface area contributed by atoms with Crippen molar-refractivity contribution >= 4 is 5.97 Å². The van der Waals surface area contributed by atoms with Gasteiger partial charge in [0.15, 0.2) is 5.41 Å². The SMILES string of the molecule is C=CC[C@](C)(C#N)C(=O)O. The lowest BCUT2D eigenvalue weighted by Crippen LogP contribution is -2.24. The molecular weight excluding hydrogens is 130 g/mol. The number of carbonyl (C=O) groups is 1. The van der Waals surface area contributed by atoms with Crippen LogP contribution in [0, 0.1) is 16.7 Å². The molecule has 0 aliphatic heterocycles. The minimum Gasteiger partial charge on any atom is -0.480 e. The van der Waals surface area contributed by atoms with E-state index in [0.29, 0.717) is 0 Å². The Bertz CT molecular complexity index is 192. The Morgan fingerprint density at radius 2 is 2.50 bits per heavy atom. The first-order valence-corrected chi connectivity index (χ1v) is 2.82. The Balaban J connectivity index is 4.42. The minimum absolute atomic E-state index is 0.179. The van der Waals surface area contributed by atoms with Crippen LogP contribution in [0.1, 0.15) is 13.3 Å². The summed E-state index contributed by atoms with van der Waals surface area (Å²) >= 11 is 0. The molecule has 3 nitrogen and oxygen atoms in total. The largest absolute Gasteiger partial charge is 0.480 e. The number of allylic oxidation sites excluding steroid dienone is 1.